The number of aliphatic imine (C=N–C) groups is 1. The fraction of sp³-hybridized carbons (Fsp3) is 0. The number of nitrogens with zero attached hydrogens (tertiary/aromatic N) is 2. The summed E-state index contributed by atoms with van der Waals surface area (Å²) in [5.74, 6) is -0.0241. The highest BCUT2D eigenvalue weighted by Gasteiger charge is 2.00. The molecule has 4 N–H and O–H groups in total. The van der Waals surface area contributed by atoms with Crippen molar-refractivity contribution >= 4 is 22.3 Å². The molecule has 0 aliphatic carbocycles. The third-order valence-electron chi connectivity index (χ3n) is 0.996. The standard InChI is InChI=1S/C6H6N4S/c7-3-4-1-2-11-5(4)10-6(8)9/h1-2H,(H4,8,9,10). The topological polar surface area (TPSA) is 88.2 Å². The van der Waals surface area contributed by atoms with Gasteiger partial charge < -0.3 is 11.5 Å². The maximum Gasteiger partial charge on any atom is 0.192 e. The average molecular weight is 166 g/mol. The molecule has 0 aliphatic rings. The van der Waals surface area contributed by atoms with E-state index in [0.717, 1.165) is 0 Å². The number of nitrogens with two attached hydrogens (primary N) is 2. The predicted octanol–water partition coefficient (Wildman–Crippen LogP) is 0.525. The Hall–Kier alpha value is -1.54. The van der Waals surface area contributed by atoms with Crippen molar-refractivity contribution in [1.82, 2.24) is 0 Å². The van der Waals surface area contributed by atoms with Crippen molar-refractivity contribution in [1.29, 1.82) is 5.26 Å². The fourth-order valence-electron chi connectivity index (χ4n) is 0.590. The molecule has 1 aromatic heterocycles. The van der Waals surface area contributed by atoms with Crippen molar-refractivity contribution in [3.8, 4) is 6.07 Å². The van der Waals surface area contributed by atoms with Crippen molar-refractivity contribution in [3.05, 3.63) is 17.0 Å². The van der Waals surface area contributed by atoms with Crippen molar-refractivity contribution in [2.45, 2.75) is 0 Å². The maximum absolute atomic E-state index is 8.53. The highest BCUT2D eigenvalue weighted by molar-refractivity contribution is 7.14. The number of guanidine groups is 1. The van der Waals surface area contributed by atoms with Crippen LogP contribution in [0.3, 0.4) is 0 Å². The number of nitriles is 1. The molecule has 0 saturated carbocycles. The van der Waals surface area contributed by atoms with Crippen LogP contribution in [0, 0.1) is 11.3 Å². The van der Waals surface area contributed by atoms with E-state index in [0.29, 0.717) is 10.6 Å². The highest BCUT2D eigenvalue weighted by Crippen LogP contribution is 2.24. The molecule has 0 saturated heterocycles. The maximum atomic E-state index is 8.53. The second-order valence-corrected chi connectivity index (χ2v) is 2.68. The quantitative estimate of drug-likeness (QED) is 0.471. The summed E-state index contributed by atoms with van der Waals surface area (Å²) in [7, 11) is 0. The van der Waals surface area contributed by atoms with Gasteiger partial charge in [-0.25, -0.2) is 4.99 Å². The Morgan fingerprint density at radius 1 is 1.64 bits per heavy atom. The minimum absolute atomic E-state index is 0.0241. The molecule has 0 radical (unpaired) electrons. The van der Waals surface area contributed by atoms with E-state index in [9.17, 15) is 0 Å². The first kappa shape index (κ1) is 7.57. The Labute approximate surface area is 67.8 Å². The van der Waals surface area contributed by atoms with Gasteiger partial charge in [0.05, 0.1) is 5.56 Å². The van der Waals surface area contributed by atoms with Crippen molar-refractivity contribution in [2.75, 3.05) is 0 Å². The van der Waals surface area contributed by atoms with E-state index in [1.807, 2.05) is 6.07 Å². The van der Waals surface area contributed by atoms with Gasteiger partial charge in [0, 0.05) is 0 Å². The summed E-state index contributed by atoms with van der Waals surface area (Å²) in [6, 6.07) is 3.65. The van der Waals surface area contributed by atoms with Crippen LogP contribution in [0.5, 0.6) is 0 Å². The van der Waals surface area contributed by atoms with E-state index < -0.39 is 0 Å². The van der Waals surface area contributed by atoms with E-state index in [4.69, 9.17) is 16.7 Å². The lowest BCUT2D eigenvalue weighted by molar-refractivity contribution is 1.44. The zero-order valence-corrected chi connectivity index (χ0v) is 6.43. The first-order chi connectivity index (χ1) is 5.24. The molecular weight excluding hydrogens is 160 g/mol. The van der Waals surface area contributed by atoms with Crippen LogP contribution in [0.2, 0.25) is 0 Å². The number of thiophene rings is 1. The molecule has 0 unspecified atom stereocenters. The molecule has 1 heterocycles. The monoisotopic (exact) mass is 166 g/mol. The normalized spacial score (nSPS) is 8.64. The van der Waals surface area contributed by atoms with E-state index >= 15 is 0 Å². The van der Waals surface area contributed by atoms with Crippen LogP contribution in [0.25, 0.3) is 0 Å². The van der Waals surface area contributed by atoms with E-state index in [1.165, 1.54) is 11.3 Å². The Morgan fingerprint density at radius 3 is 2.91 bits per heavy atom. The molecule has 56 valence electrons. The first-order valence-corrected chi connectivity index (χ1v) is 3.69. The molecule has 5 heteroatoms. The smallest absolute Gasteiger partial charge is 0.192 e. The van der Waals surface area contributed by atoms with Crippen molar-refractivity contribution in [2.24, 2.45) is 16.5 Å². The molecular formula is C6H6N4S. The fourth-order valence-corrected chi connectivity index (χ4v) is 1.32. The molecule has 0 fully saturated rings. The van der Waals surface area contributed by atoms with Crippen LogP contribution in [0.4, 0.5) is 5.00 Å². The molecule has 0 spiro atoms. The second kappa shape index (κ2) is 3.03. The van der Waals surface area contributed by atoms with Gasteiger partial charge in [-0.15, -0.1) is 11.3 Å². The zero-order chi connectivity index (χ0) is 8.27. The van der Waals surface area contributed by atoms with Gasteiger partial charge in [-0.1, -0.05) is 0 Å². The lowest BCUT2D eigenvalue weighted by Gasteiger charge is -1.88. The predicted molar refractivity (Wildman–Crippen MR) is 44.5 cm³/mol. The molecule has 0 aliphatic heterocycles. The van der Waals surface area contributed by atoms with Gasteiger partial charge in [-0.2, -0.15) is 5.26 Å². The highest BCUT2D eigenvalue weighted by atomic mass is 32.1. The molecule has 1 aromatic rings. The number of rotatable bonds is 1. The molecule has 0 aromatic carbocycles. The Morgan fingerprint density at radius 2 is 2.36 bits per heavy atom. The Balaban J connectivity index is 3.06. The largest absolute Gasteiger partial charge is 0.370 e. The minimum atomic E-state index is -0.0241. The Kier molecular flexibility index (Phi) is 2.09. The van der Waals surface area contributed by atoms with Gasteiger partial charge in [0.15, 0.2) is 5.96 Å². The summed E-state index contributed by atoms with van der Waals surface area (Å²) in [5.41, 5.74) is 10.8. The SMILES string of the molecule is N#Cc1ccsc1N=C(N)N. The lowest BCUT2D eigenvalue weighted by atomic mass is 10.4. The van der Waals surface area contributed by atoms with Gasteiger partial charge in [-0.3, -0.25) is 0 Å². The Bertz CT molecular complexity index is 316. The first-order valence-electron chi connectivity index (χ1n) is 2.81. The van der Waals surface area contributed by atoms with Crippen LogP contribution in [0.15, 0.2) is 16.4 Å². The van der Waals surface area contributed by atoms with E-state index in [1.54, 1.807) is 11.4 Å². The third-order valence-corrected chi connectivity index (χ3v) is 1.80. The molecule has 0 bridgehead atoms. The summed E-state index contributed by atoms with van der Waals surface area (Å²) >= 11 is 1.33. The summed E-state index contributed by atoms with van der Waals surface area (Å²) < 4.78 is 0. The molecule has 11 heavy (non-hydrogen) atoms. The van der Waals surface area contributed by atoms with Gasteiger partial charge >= 0.3 is 0 Å². The van der Waals surface area contributed by atoms with Gasteiger partial charge in [0.2, 0.25) is 0 Å². The summed E-state index contributed by atoms with van der Waals surface area (Å²) in [4.78, 5) is 3.76. The van der Waals surface area contributed by atoms with Crippen LogP contribution in [0.1, 0.15) is 5.56 Å². The molecule has 4 nitrogen and oxygen atoms in total. The summed E-state index contributed by atoms with van der Waals surface area (Å²) in [6.07, 6.45) is 0. The van der Waals surface area contributed by atoms with Crippen LogP contribution in [-0.2, 0) is 0 Å². The van der Waals surface area contributed by atoms with Crippen molar-refractivity contribution < 1.29 is 0 Å². The average Bonchev–Trinajstić information content (AvgIpc) is 2.34. The summed E-state index contributed by atoms with van der Waals surface area (Å²) in [5, 5.41) is 10.9. The summed E-state index contributed by atoms with van der Waals surface area (Å²) in [6.45, 7) is 0. The molecule has 1 rings (SSSR count). The second-order valence-electron chi connectivity index (χ2n) is 1.79. The van der Waals surface area contributed by atoms with Gasteiger partial charge in [0.25, 0.3) is 0 Å². The van der Waals surface area contributed by atoms with E-state index in [-0.39, 0.29) is 5.96 Å². The lowest BCUT2D eigenvalue weighted by Crippen LogP contribution is -2.21. The van der Waals surface area contributed by atoms with Crippen LogP contribution in [-0.4, -0.2) is 5.96 Å². The zero-order valence-electron chi connectivity index (χ0n) is 5.61. The number of hydrogen-bond acceptors (Lipinski definition) is 3. The molecule has 0 atom stereocenters. The van der Waals surface area contributed by atoms with Crippen LogP contribution >= 0.6 is 11.3 Å². The third kappa shape index (κ3) is 1.69. The van der Waals surface area contributed by atoms with Gasteiger partial charge in [0.1, 0.15) is 11.1 Å². The van der Waals surface area contributed by atoms with Crippen molar-refractivity contribution in [3.63, 3.8) is 0 Å². The molecule has 0 amide bonds. The van der Waals surface area contributed by atoms with E-state index in [2.05, 4.69) is 4.99 Å². The minimum Gasteiger partial charge on any atom is -0.370 e. The number of hydrogen-bond donors (Lipinski definition) is 2. The van der Waals surface area contributed by atoms with Gasteiger partial charge in [-0.05, 0) is 11.4 Å². The van der Waals surface area contributed by atoms with Crippen LogP contribution < -0.4 is 11.5 Å².